The summed E-state index contributed by atoms with van der Waals surface area (Å²) in [6.07, 6.45) is 7.66. The highest BCUT2D eigenvalue weighted by atomic mass is 35.5. The molecule has 3 aromatic rings. The molecule has 4 rings (SSSR count). The van der Waals surface area contributed by atoms with Crippen LogP contribution in [0.5, 0.6) is 0 Å². The van der Waals surface area contributed by atoms with Crippen molar-refractivity contribution in [3.8, 4) is 0 Å². The summed E-state index contributed by atoms with van der Waals surface area (Å²) in [5.41, 5.74) is 0.536. The van der Waals surface area contributed by atoms with Crippen LogP contribution in [0.4, 0.5) is 10.3 Å². The molecule has 0 bridgehead atoms. The lowest BCUT2D eigenvalue weighted by atomic mass is 10.1. The zero-order valence-corrected chi connectivity index (χ0v) is 14.0. The number of nitrogens with zero attached hydrogens (tertiary/aromatic N) is 6. The largest absolute Gasteiger partial charge is 0.341 e. The van der Waals surface area contributed by atoms with Gasteiger partial charge in [0, 0.05) is 25.3 Å². The first kappa shape index (κ1) is 15.5. The third-order valence-corrected chi connectivity index (χ3v) is 4.75. The third-order valence-electron chi connectivity index (χ3n) is 4.26. The molecule has 0 aromatic carbocycles. The maximum absolute atomic E-state index is 14.2. The van der Waals surface area contributed by atoms with Crippen molar-refractivity contribution in [3.05, 3.63) is 40.9 Å². The molecule has 1 saturated heterocycles. The van der Waals surface area contributed by atoms with E-state index in [9.17, 15) is 4.39 Å². The Balaban J connectivity index is 1.56. The summed E-state index contributed by atoms with van der Waals surface area (Å²) in [4.78, 5) is 18.6. The molecule has 1 aliphatic heterocycles. The van der Waals surface area contributed by atoms with Crippen LogP contribution in [0.3, 0.4) is 0 Å². The minimum Gasteiger partial charge on any atom is -0.341 e. The fourth-order valence-corrected chi connectivity index (χ4v) is 3.41. The van der Waals surface area contributed by atoms with Gasteiger partial charge in [-0.25, -0.2) is 24.3 Å². The molecule has 0 radical (unpaired) electrons. The topological polar surface area (TPSA) is 59.7 Å². The number of rotatable bonds is 2. The molecule has 0 spiro atoms. The SMILES string of the molecule is Fc1cn(C2CCN(c3ncc(Cl)cn3)CC2)c2ncnc(Cl)c12. The van der Waals surface area contributed by atoms with Crippen LogP contribution >= 0.6 is 23.2 Å². The van der Waals surface area contributed by atoms with Crippen LogP contribution in [0.15, 0.2) is 24.9 Å². The molecule has 124 valence electrons. The van der Waals surface area contributed by atoms with Crippen molar-refractivity contribution in [2.75, 3.05) is 18.0 Å². The van der Waals surface area contributed by atoms with Crippen molar-refractivity contribution >= 4 is 40.2 Å². The number of aromatic nitrogens is 5. The molecule has 4 heterocycles. The van der Waals surface area contributed by atoms with Crippen molar-refractivity contribution < 1.29 is 4.39 Å². The Bertz CT molecular complexity index is 874. The van der Waals surface area contributed by atoms with Gasteiger partial charge >= 0.3 is 0 Å². The second kappa shape index (κ2) is 6.14. The lowest BCUT2D eigenvalue weighted by Gasteiger charge is -2.32. The van der Waals surface area contributed by atoms with E-state index in [4.69, 9.17) is 23.2 Å². The maximum atomic E-state index is 14.2. The first-order valence-electron chi connectivity index (χ1n) is 7.52. The average molecular weight is 367 g/mol. The number of halogens is 3. The van der Waals surface area contributed by atoms with E-state index in [1.165, 1.54) is 12.5 Å². The number of hydrogen-bond donors (Lipinski definition) is 0. The van der Waals surface area contributed by atoms with Gasteiger partial charge in [0.05, 0.1) is 22.8 Å². The Kier molecular flexibility index (Phi) is 3.97. The minimum atomic E-state index is -0.390. The van der Waals surface area contributed by atoms with Gasteiger partial charge in [-0.3, -0.25) is 0 Å². The van der Waals surface area contributed by atoms with Crippen LogP contribution in [0.25, 0.3) is 11.0 Å². The van der Waals surface area contributed by atoms with Gasteiger partial charge in [-0.15, -0.1) is 0 Å². The molecule has 0 aliphatic carbocycles. The van der Waals surface area contributed by atoms with Crippen molar-refractivity contribution in [3.63, 3.8) is 0 Å². The molecule has 9 heteroatoms. The van der Waals surface area contributed by atoms with E-state index in [2.05, 4.69) is 24.8 Å². The first-order valence-corrected chi connectivity index (χ1v) is 8.28. The predicted molar refractivity (Wildman–Crippen MR) is 90.0 cm³/mol. The van der Waals surface area contributed by atoms with Gasteiger partial charge in [0.15, 0.2) is 5.82 Å². The lowest BCUT2D eigenvalue weighted by Crippen LogP contribution is -2.35. The molecule has 0 N–H and O–H groups in total. The van der Waals surface area contributed by atoms with Crippen molar-refractivity contribution in [2.45, 2.75) is 18.9 Å². The molecular weight excluding hydrogens is 354 g/mol. The number of piperidine rings is 1. The maximum Gasteiger partial charge on any atom is 0.225 e. The summed E-state index contributed by atoms with van der Waals surface area (Å²) >= 11 is 11.8. The van der Waals surface area contributed by atoms with Gasteiger partial charge in [-0.05, 0) is 12.8 Å². The van der Waals surface area contributed by atoms with Crippen molar-refractivity contribution in [1.82, 2.24) is 24.5 Å². The smallest absolute Gasteiger partial charge is 0.225 e. The van der Waals surface area contributed by atoms with Crippen LogP contribution in [0.2, 0.25) is 10.2 Å². The second-order valence-corrected chi connectivity index (χ2v) is 6.46. The van der Waals surface area contributed by atoms with E-state index in [1.807, 2.05) is 4.57 Å². The van der Waals surface area contributed by atoms with Gasteiger partial charge in [0.1, 0.15) is 17.1 Å². The fraction of sp³-hybridized carbons (Fsp3) is 0.333. The van der Waals surface area contributed by atoms with E-state index in [0.29, 0.717) is 16.6 Å². The molecular formula is C15H13Cl2FN6. The van der Waals surface area contributed by atoms with E-state index in [-0.39, 0.29) is 22.4 Å². The van der Waals surface area contributed by atoms with Crippen LogP contribution in [0.1, 0.15) is 18.9 Å². The van der Waals surface area contributed by atoms with Gasteiger partial charge in [-0.2, -0.15) is 0 Å². The molecule has 0 amide bonds. The standard InChI is InChI=1S/C15H13Cl2FN6/c16-9-5-19-15(20-6-9)23-3-1-10(2-4-23)24-7-11(18)12-13(17)21-8-22-14(12)24/h5-8,10H,1-4H2. The number of fused-ring (bicyclic) bond motifs is 1. The molecule has 0 unspecified atom stereocenters. The Hall–Kier alpha value is -1.99. The zero-order chi connectivity index (χ0) is 16.7. The summed E-state index contributed by atoms with van der Waals surface area (Å²) < 4.78 is 16.0. The van der Waals surface area contributed by atoms with Gasteiger partial charge in [0.2, 0.25) is 5.95 Å². The predicted octanol–water partition coefficient (Wildman–Crippen LogP) is 3.51. The summed E-state index contributed by atoms with van der Waals surface area (Å²) in [6.45, 7) is 1.54. The molecule has 0 saturated carbocycles. The van der Waals surface area contributed by atoms with Crippen LogP contribution in [0, 0.1) is 5.82 Å². The first-order chi connectivity index (χ1) is 11.6. The highest BCUT2D eigenvalue weighted by molar-refractivity contribution is 6.34. The number of hydrogen-bond acceptors (Lipinski definition) is 5. The highest BCUT2D eigenvalue weighted by Crippen LogP contribution is 2.31. The summed E-state index contributed by atoms with van der Waals surface area (Å²) in [5, 5.41) is 0.936. The van der Waals surface area contributed by atoms with Crippen molar-refractivity contribution in [1.29, 1.82) is 0 Å². The average Bonchev–Trinajstić information content (AvgIpc) is 2.94. The van der Waals surface area contributed by atoms with Crippen molar-refractivity contribution in [2.24, 2.45) is 0 Å². The molecule has 6 nitrogen and oxygen atoms in total. The molecule has 24 heavy (non-hydrogen) atoms. The summed E-state index contributed by atoms with van der Waals surface area (Å²) in [5.74, 6) is 0.269. The zero-order valence-electron chi connectivity index (χ0n) is 12.5. The Morgan fingerprint density at radius 2 is 1.75 bits per heavy atom. The highest BCUT2D eigenvalue weighted by Gasteiger charge is 2.25. The van der Waals surface area contributed by atoms with E-state index in [1.54, 1.807) is 12.4 Å². The number of anilines is 1. The Labute approximate surface area is 147 Å². The lowest BCUT2D eigenvalue weighted by molar-refractivity contribution is 0.398. The molecule has 0 atom stereocenters. The van der Waals surface area contributed by atoms with Gasteiger partial charge in [-0.1, -0.05) is 23.2 Å². The minimum absolute atomic E-state index is 0.142. The second-order valence-electron chi connectivity index (χ2n) is 5.67. The van der Waals surface area contributed by atoms with Gasteiger partial charge in [0.25, 0.3) is 0 Å². The Morgan fingerprint density at radius 1 is 1.04 bits per heavy atom. The fourth-order valence-electron chi connectivity index (χ4n) is 3.10. The normalized spacial score (nSPS) is 16.0. The molecule has 1 aliphatic rings. The van der Waals surface area contributed by atoms with Crippen LogP contribution in [-0.2, 0) is 0 Å². The van der Waals surface area contributed by atoms with Gasteiger partial charge < -0.3 is 9.47 Å². The molecule has 1 fully saturated rings. The van der Waals surface area contributed by atoms with E-state index >= 15 is 0 Å². The van der Waals surface area contributed by atoms with E-state index in [0.717, 1.165) is 25.9 Å². The quantitative estimate of drug-likeness (QED) is 0.649. The van der Waals surface area contributed by atoms with Crippen LogP contribution in [-0.4, -0.2) is 37.6 Å². The summed E-state index contributed by atoms with van der Waals surface area (Å²) in [6, 6.07) is 0.145. The summed E-state index contributed by atoms with van der Waals surface area (Å²) in [7, 11) is 0. The monoisotopic (exact) mass is 366 g/mol. The molecule has 3 aromatic heterocycles. The van der Waals surface area contributed by atoms with E-state index < -0.39 is 0 Å². The van der Waals surface area contributed by atoms with Crippen LogP contribution < -0.4 is 4.90 Å². The third kappa shape index (κ3) is 2.67. The Morgan fingerprint density at radius 3 is 2.46 bits per heavy atom.